The molecule has 0 atom stereocenters. The number of ether oxygens (including phenoxy) is 1. The van der Waals surface area contributed by atoms with Gasteiger partial charge in [-0.2, -0.15) is 0 Å². The van der Waals surface area contributed by atoms with Crippen LogP contribution in [0.25, 0.3) is 0 Å². The normalized spacial score (nSPS) is 10.1. The lowest BCUT2D eigenvalue weighted by molar-refractivity contribution is -0.124. The average molecular weight is 209 g/mol. The molecule has 0 spiro atoms. The SMILES string of the molecule is COc1ccccc1CNC(=O)C(C)C.[HH]. The van der Waals surface area contributed by atoms with Gasteiger partial charge in [-0.25, -0.2) is 0 Å². The fourth-order valence-corrected chi connectivity index (χ4v) is 1.24. The van der Waals surface area contributed by atoms with Crippen LogP contribution in [-0.4, -0.2) is 13.0 Å². The number of nitrogens with one attached hydrogen (secondary N) is 1. The van der Waals surface area contributed by atoms with Crippen LogP contribution < -0.4 is 10.1 Å². The van der Waals surface area contributed by atoms with Crippen LogP contribution in [0, 0.1) is 5.92 Å². The Morgan fingerprint density at radius 3 is 2.73 bits per heavy atom. The zero-order valence-electron chi connectivity index (χ0n) is 9.41. The van der Waals surface area contributed by atoms with Gasteiger partial charge in [-0.3, -0.25) is 4.79 Å². The van der Waals surface area contributed by atoms with E-state index in [2.05, 4.69) is 5.32 Å². The van der Waals surface area contributed by atoms with Crippen molar-refractivity contribution in [3.8, 4) is 5.75 Å². The number of benzene rings is 1. The topological polar surface area (TPSA) is 38.3 Å². The summed E-state index contributed by atoms with van der Waals surface area (Å²) in [5, 5.41) is 2.85. The molecule has 0 saturated heterocycles. The number of rotatable bonds is 4. The summed E-state index contributed by atoms with van der Waals surface area (Å²) in [5.74, 6) is 0.877. The summed E-state index contributed by atoms with van der Waals surface area (Å²) < 4.78 is 5.19. The predicted molar refractivity (Wildman–Crippen MR) is 61.8 cm³/mol. The summed E-state index contributed by atoms with van der Waals surface area (Å²) in [6.07, 6.45) is 0. The molecule has 0 aliphatic carbocycles. The molecule has 0 fully saturated rings. The van der Waals surface area contributed by atoms with Crippen molar-refractivity contribution < 1.29 is 11.0 Å². The van der Waals surface area contributed by atoms with Crippen molar-refractivity contribution in [3.63, 3.8) is 0 Å². The molecule has 1 rings (SSSR count). The fourth-order valence-electron chi connectivity index (χ4n) is 1.24. The summed E-state index contributed by atoms with van der Waals surface area (Å²) in [4.78, 5) is 11.4. The number of carbonyl (C=O) groups is 1. The monoisotopic (exact) mass is 209 g/mol. The van der Waals surface area contributed by atoms with E-state index in [4.69, 9.17) is 4.74 Å². The molecule has 1 aromatic carbocycles. The number of methoxy groups -OCH3 is 1. The van der Waals surface area contributed by atoms with Crippen LogP contribution in [-0.2, 0) is 11.3 Å². The van der Waals surface area contributed by atoms with E-state index in [-0.39, 0.29) is 13.3 Å². The summed E-state index contributed by atoms with van der Waals surface area (Å²) in [5.41, 5.74) is 0.994. The average Bonchev–Trinajstić information content (AvgIpc) is 2.26. The third kappa shape index (κ3) is 3.27. The molecule has 1 amide bonds. The Hall–Kier alpha value is -1.51. The van der Waals surface area contributed by atoms with Gasteiger partial charge in [-0.1, -0.05) is 32.0 Å². The van der Waals surface area contributed by atoms with E-state index in [0.717, 1.165) is 11.3 Å². The Bertz CT molecular complexity index is 340. The van der Waals surface area contributed by atoms with E-state index in [0.29, 0.717) is 6.54 Å². The van der Waals surface area contributed by atoms with Gasteiger partial charge in [-0.05, 0) is 6.07 Å². The Balaban J connectivity index is 0.00000225. The van der Waals surface area contributed by atoms with E-state index in [1.807, 2.05) is 38.1 Å². The number of para-hydroxylation sites is 1. The van der Waals surface area contributed by atoms with Crippen molar-refractivity contribution in [2.75, 3.05) is 7.11 Å². The molecular formula is C12H19NO2. The largest absolute Gasteiger partial charge is 0.496 e. The first-order valence-corrected chi connectivity index (χ1v) is 5.04. The van der Waals surface area contributed by atoms with Crippen molar-refractivity contribution in [1.82, 2.24) is 5.32 Å². The highest BCUT2D eigenvalue weighted by atomic mass is 16.5. The van der Waals surface area contributed by atoms with Gasteiger partial charge in [0, 0.05) is 19.5 Å². The molecule has 0 aliphatic heterocycles. The third-order valence-electron chi connectivity index (χ3n) is 2.17. The first kappa shape index (κ1) is 11.6. The van der Waals surface area contributed by atoms with Gasteiger partial charge in [-0.15, -0.1) is 0 Å². The maximum Gasteiger partial charge on any atom is 0.222 e. The molecule has 1 aromatic rings. The van der Waals surface area contributed by atoms with Gasteiger partial charge in [0.05, 0.1) is 7.11 Å². The highest BCUT2D eigenvalue weighted by molar-refractivity contribution is 5.77. The molecule has 0 aromatic heterocycles. The molecule has 15 heavy (non-hydrogen) atoms. The zero-order valence-corrected chi connectivity index (χ0v) is 9.41. The van der Waals surface area contributed by atoms with E-state index in [1.165, 1.54) is 0 Å². The van der Waals surface area contributed by atoms with E-state index < -0.39 is 0 Å². The first-order chi connectivity index (χ1) is 7.15. The maximum atomic E-state index is 11.4. The van der Waals surface area contributed by atoms with Crippen molar-refractivity contribution in [2.24, 2.45) is 5.92 Å². The quantitative estimate of drug-likeness (QED) is 0.825. The third-order valence-corrected chi connectivity index (χ3v) is 2.17. The second-order valence-corrected chi connectivity index (χ2v) is 3.68. The summed E-state index contributed by atoms with van der Waals surface area (Å²) in [6.45, 7) is 4.26. The number of hydrogen-bond acceptors (Lipinski definition) is 2. The molecule has 3 heteroatoms. The van der Waals surface area contributed by atoms with Crippen LogP contribution in [0.3, 0.4) is 0 Å². The number of hydrogen-bond donors (Lipinski definition) is 1. The molecule has 0 aliphatic rings. The van der Waals surface area contributed by atoms with E-state index in [1.54, 1.807) is 7.11 Å². The summed E-state index contributed by atoms with van der Waals surface area (Å²) >= 11 is 0. The first-order valence-electron chi connectivity index (χ1n) is 5.04. The van der Waals surface area contributed by atoms with Crippen LogP contribution in [0.1, 0.15) is 20.8 Å². The molecular weight excluding hydrogens is 190 g/mol. The number of amides is 1. The van der Waals surface area contributed by atoms with Gasteiger partial charge in [0.15, 0.2) is 0 Å². The molecule has 0 unspecified atom stereocenters. The minimum Gasteiger partial charge on any atom is -0.496 e. The van der Waals surface area contributed by atoms with Gasteiger partial charge in [0.25, 0.3) is 0 Å². The molecule has 0 saturated carbocycles. The molecule has 0 radical (unpaired) electrons. The standard InChI is InChI=1S/C12H17NO2.H2/c1-9(2)12(14)13-8-10-6-4-5-7-11(10)15-3;/h4-7,9H,8H2,1-3H3,(H,13,14);1H. The van der Waals surface area contributed by atoms with Crippen LogP contribution in [0.15, 0.2) is 24.3 Å². The highest BCUT2D eigenvalue weighted by Gasteiger charge is 2.07. The van der Waals surface area contributed by atoms with Crippen molar-refractivity contribution >= 4 is 5.91 Å². The van der Waals surface area contributed by atoms with Crippen molar-refractivity contribution in [3.05, 3.63) is 29.8 Å². The van der Waals surface area contributed by atoms with E-state index in [9.17, 15) is 4.79 Å². The van der Waals surface area contributed by atoms with Crippen LogP contribution >= 0.6 is 0 Å². The van der Waals surface area contributed by atoms with Gasteiger partial charge >= 0.3 is 0 Å². The zero-order chi connectivity index (χ0) is 11.3. The van der Waals surface area contributed by atoms with Gasteiger partial charge < -0.3 is 10.1 Å². The Morgan fingerprint density at radius 1 is 1.47 bits per heavy atom. The van der Waals surface area contributed by atoms with Crippen LogP contribution in [0.2, 0.25) is 0 Å². The Morgan fingerprint density at radius 2 is 2.13 bits per heavy atom. The highest BCUT2D eigenvalue weighted by Crippen LogP contribution is 2.16. The minimum absolute atomic E-state index is 0. The smallest absolute Gasteiger partial charge is 0.222 e. The lowest BCUT2D eigenvalue weighted by Crippen LogP contribution is -2.27. The summed E-state index contributed by atoms with van der Waals surface area (Å²) in [7, 11) is 1.63. The Labute approximate surface area is 91.9 Å². The summed E-state index contributed by atoms with van der Waals surface area (Å²) in [6, 6.07) is 7.67. The lowest BCUT2D eigenvalue weighted by Gasteiger charge is -2.10. The van der Waals surface area contributed by atoms with Gasteiger partial charge in [0.2, 0.25) is 5.91 Å². The van der Waals surface area contributed by atoms with Crippen LogP contribution in [0.5, 0.6) is 5.75 Å². The van der Waals surface area contributed by atoms with Gasteiger partial charge in [0.1, 0.15) is 5.75 Å². The maximum absolute atomic E-state index is 11.4. The van der Waals surface area contributed by atoms with Crippen molar-refractivity contribution in [1.29, 1.82) is 0 Å². The minimum atomic E-state index is 0. The Kier molecular flexibility index (Phi) is 4.16. The van der Waals surface area contributed by atoms with E-state index >= 15 is 0 Å². The second-order valence-electron chi connectivity index (χ2n) is 3.68. The molecule has 3 nitrogen and oxygen atoms in total. The van der Waals surface area contributed by atoms with Crippen molar-refractivity contribution in [2.45, 2.75) is 20.4 Å². The molecule has 84 valence electrons. The lowest BCUT2D eigenvalue weighted by atomic mass is 10.1. The fraction of sp³-hybridized carbons (Fsp3) is 0.417. The molecule has 0 heterocycles. The number of carbonyl (C=O) groups excluding carboxylic acids is 1. The molecule has 0 bridgehead atoms. The van der Waals surface area contributed by atoms with Crippen LogP contribution in [0.4, 0.5) is 0 Å². The predicted octanol–water partition coefficient (Wildman–Crippen LogP) is 2.21. The second kappa shape index (κ2) is 5.39. The molecule has 1 N–H and O–H groups in total.